The molecule has 2 amide bonds. The Kier molecular flexibility index (Phi) is 8.26. The number of carbonyl (C=O) groups is 2. The van der Waals surface area contributed by atoms with Gasteiger partial charge in [-0.2, -0.15) is 0 Å². The minimum atomic E-state index is -0.624. The fourth-order valence-electron chi connectivity index (χ4n) is 6.17. The van der Waals surface area contributed by atoms with Gasteiger partial charge >= 0.3 is 0 Å². The number of rotatable bonds is 6. The standard InChI is InChI=1S/C29H36F3N3O2/c1-17(33-18(2)36)25-13-20(30)5-7-23(25)19-9-11-35(12-10-19)29(37)27-16-22(34(3)4)15-26(27)24-8-6-21(31)14-28(24)32/h5-8,13-14,17,19,22,26-27H,9-12,15-16H2,1-4H3,(H,33,36). The maximum atomic E-state index is 14.7. The smallest absolute Gasteiger partial charge is 0.226 e. The van der Waals surface area contributed by atoms with Crippen LogP contribution in [0.3, 0.4) is 0 Å². The highest BCUT2D eigenvalue weighted by Gasteiger charge is 2.43. The van der Waals surface area contributed by atoms with Gasteiger partial charge in [0.25, 0.3) is 0 Å². The molecule has 1 saturated heterocycles. The molecule has 2 aromatic carbocycles. The largest absolute Gasteiger partial charge is 0.350 e. The number of halogens is 3. The molecular weight excluding hydrogens is 479 g/mol. The van der Waals surface area contributed by atoms with Crippen molar-refractivity contribution in [2.75, 3.05) is 27.2 Å². The van der Waals surface area contributed by atoms with Crippen LogP contribution in [-0.2, 0) is 9.59 Å². The van der Waals surface area contributed by atoms with Gasteiger partial charge in [0.1, 0.15) is 17.5 Å². The summed E-state index contributed by atoms with van der Waals surface area (Å²) >= 11 is 0. The first kappa shape index (κ1) is 27.2. The molecule has 0 spiro atoms. The minimum Gasteiger partial charge on any atom is -0.350 e. The van der Waals surface area contributed by atoms with E-state index in [0.29, 0.717) is 31.5 Å². The van der Waals surface area contributed by atoms with E-state index in [9.17, 15) is 22.8 Å². The van der Waals surface area contributed by atoms with E-state index < -0.39 is 11.6 Å². The van der Waals surface area contributed by atoms with E-state index in [2.05, 4.69) is 10.2 Å². The first-order valence-corrected chi connectivity index (χ1v) is 13.0. The number of piperidine rings is 1. The third-order valence-electron chi connectivity index (χ3n) is 8.13. The summed E-state index contributed by atoms with van der Waals surface area (Å²) in [6, 6.07) is 8.16. The van der Waals surface area contributed by atoms with Gasteiger partial charge in [0.15, 0.2) is 0 Å². The van der Waals surface area contributed by atoms with Crippen LogP contribution in [0.15, 0.2) is 36.4 Å². The van der Waals surface area contributed by atoms with E-state index >= 15 is 0 Å². The summed E-state index contributed by atoms with van der Waals surface area (Å²) in [5, 5.41) is 2.84. The van der Waals surface area contributed by atoms with E-state index in [-0.39, 0.29) is 47.5 Å². The van der Waals surface area contributed by atoms with E-state index in [4.69, 9.17) is 0 Å². The first-order chi connectivity index (χ1) is 17.5. The maximum Gasteiger partial charge on any atom is 0.226 e. The van der Waals surface area contributed by atoms with Gasteiger partial charge in [-0.05, 0) is 93.4 Å². The predicted molar refractivity (Wildman–Crippen MR) is 136 cm³/mol. The van der Waals surface area contributed by atoms with Crippen molar-refractivity contribution in [3.63, 3.8) is 0 Å². The summed E-state index contributed by atoms with van der Waals surface area (Å²) in [4.78, 5) is 29.2. The second kappa shape index (κ2) is 11.3. The van der Waals surface area contributed by atoms with Crippen LogP contribution in [0, 0.1) is 23.4 Å². The van der Waals surface area contributed by atoms with Crippen LogP contribution in [0.1, 0.15) is 74.1 Å². The fraction of sp³-hybridized carbons (Fsp3) is 0.517. The Morgan fingerprint density at radius 3 is 2.19 bits per heavy atom. The molecule has 1 heterocycles. The molecule has 0 radical (unpaired) electrons. The number of nitrogens with one attached hydrogen (secondary N) is 1. The Morgan fingerprint density at radius 1 is 0.973 bits per heavy atom. The number of amides is 2. The van der Waals surface area contributed by atoms with Crippen LogP contribution in [0.2, 0.25) is 0 Å². The van der Waals surface area contributed by atoms with Crippen molar-refractivity contribution in [3.05, 3.63) is 70.5 Å². The highest BCUT2D eigenvalue weighted by Crippen LogP contribution is 2.44. The molecule has 5 nitrogen and oxygen atoms in total. The van der Waals surface area contributed by atoms with E-state index in [1.54, 1.807) is 6.07 Å². The molecule has 1 N–H and O–H groups in total. The normalized spacial score (nSPS) is 23.4. The lowest BCUT2D eigenvalue weighted by atomic mass is 9.83. The van der Waals surface area contributed by atoms with Crippen molar-refractivity contribution in [2.24, 2.45) is 5.92 Å². The summed E-state index contributed by atoms with van der Waals surface area (Å²) < 4.78 is 42.3. The quantitative estimate of drug-likeness (QED) is 0.580. The Balaban J connectivity index is 1.50. The van der Waals surface area contributed by atoms with Crippen molar-refractivity contribution in [1.82, 2.24) is 15.1 Å². The molecule has 37 heavy (non-hydrogen) atoms. The van der Waals surface area contributed by atoms with Crippen LogP contribution >= 0.6 is 0 Å². The second-order valence-corrected chi connectivity index (χ2v) is 10.8. The number of nitrogens with zero attached hydrogens (tertiary/aromatic N) is 2. The summed E-state index contributed by atoms with van der Waals surface area (Å²) in [6.45, 7) is 4.38. The van der Waals surface area contributed by atoms with Crippen molar-refractivity contribution in [2.45, 2.75) is 63.5 Å². The van der Waals surface area contributed by atoms with Crippen LogP contribution in [0.25, 0.3) is 0 Å². The molecule has 2 aliphatic rings. The van der Waals surface area contributed by atoms with Gasteiger partial charge in [0, 0.05) is 38.0 Å². The minimum absolute atomic E-state index is 0.0162. The zero-order valence-electron chi connectivity index (χ0n) is 21.9. The third-order valence-corrected chi connectivity index (χ3v) is 8.13. The number of hydrogen-bond donors (Lipinski definition) is 1. The lowest BCUT2D eigenvalue weighted by molar-refractivity contribution is -0.137. The van der Waals surface area contributed by atoms with Crippen molar-refractivity contribution in [3.8, 4) is 0 Å². The molecule has 4 atom stereocenters. The van der Waals surface area contributed by atoms with Crippen LogP contribution < -0.4 is 5.32 Å². The van der Waals surface area contributed by atoms with Crippen molar-refractivity contribution >= 4 is 11.8 Å². The number of likely N-dealkylation sites (tertiary alicyclic amines) is 1. The summed E-state index contributed by atoms with van der Waals surface area (Å²) in [6.07, 6.45) is 2.71. The molecule has 4 rings (SSSR count). The zero-order valence-corrected chi connectivity index (χ0v) is 21.9. The van der Waals surface area contributed by atoms with Gasteiger partial charge in [-0.3, -0.25) is 9.59 Å². The number of benzene rings is 2. The second-order valence-electron chi connectivity index (χ2n) is 10.8. The molecule has 4 unspecified atom stereocenters. The SMILES string of the molecule is CC(=O)NC(C)c1cc(F)ccc1C1CCN(C(=O)C2CC(N(C)C)CC2c2ccc(F)cc2F)CC1. The summed E-state index contributed by atoms with van der Waals surface area (Å²) in [5.41, 5.74) is 2.16. The molecule has 8 heteroatoms. The number of carbonyl (C=O) groups excluding carboxylic acids is 2. The van der Waals surface area contributed by atoms with Gasteiger partial charge in [-0.1, -0.05) is 12.1 Å². The monoisotopic (exact) mass is 515 g/mol. The maximum absolute atomic E-state index is 14.7. The zero-order chi connectivity index (χ0) is 26.9. The van der Waals surface area contributed by atoms with E-state index in [0.717, 1.165) is 30.0 Å². The third kappa shape index (κ3) is 6.00. The molecular formula is C29H36F3N3O2. The van der Waals surface area contributed by atoms with Crippen molar-refractivity contribution in [1.29, 1.82) is 0 Å². The van der Waals surface area contributed by atoms with Crippen LogP contribution in [0.5, 0.6) is 0 Å². The van der Waals surface area contributed by atoms with Crippen molar-refractivity contribution < 1.29 is 22.8 Å². The molecule has 2 aromatic rings. The molecule has 0 bridgehead atoms. The highest BCUT2D eigenvalue weighted by molar-refractivity contribution is 5.80. The average molecular weight is 516 g/mol. The van der Waals surface area contributed by atoms with E-state index in [1.807, 2.05) is 25.9 Å². The van der Waals surface area contributed by atoms with Gasteiger partial charge in [-0.25, -0.2) is 13.2 Å². The average Bonchev–Trinajstić information content (AvgIpc) is 3.29. The Hall–Kier alpha value is -2.87. The van der Waals surface area contributed by atoms with Gasteiger partial charge in [0.2, 0.25) is 11.8 Å². The Labute approximate surface area is 217 Å². The van der Waals surface area contributed by atoms with Crippen LogP contribution in [0.4, 0.5) is 13.2 Å². The van der Waals surface area contributed by atoms with Gasteiger partial charge in [-0.15, -0.1) is 0 Å². The van der Waals surface area contributed by atoms with Crippen LogP contribution in [-0.4, -0.2) is 54.8 Å². The lowest BCUT2D eigenvalue weighted by Gasteiger charge is -2.36. The molecule has 1 aliphatic heterocycles. The molecule has 200 valence electrons. The van der Waals surface area contributed by atoms with Gasteiger partial charge < -0.3 is 15.1 Å². The molecule has 0 aromatic heterocycles. The predicted octanol–water partition coefficient (Wildman–Crippen LogP) is 5.13. The van der Waals surface area contributed by atoms with Gasteiger partial charge in [0.05, 0.1) is 6.04 Å². The molecule has 1 aliphatic carbocycles. The molecule has 1 saturated carbocycles. The first-order valence-electron chi connectivity index (χ1n) is 13.0. The Bertz CT molecular complexity index is 1150. The lowest BCUT2D eigenvalue weighted by Crippen LogP contribution is -2.42. The number of hydrogen-bond acceptors (Lipinski definition) is 3. The fourth-order valence-corrected chi connectivity index (χ4v) is 6.17. The van der Waals surface area contributed by atoms with E-state index in [1.165, 1.54) is 31.2 Å². The summed E-state index contributed by atoms with van der Waals surface area (Å²) in [7, 11) is 3.92. The highest BCUT2D eigenvalue weighted by atomic mass is 19.1. The topological polar surface area (TPSA) is 52.7 Å². The Morgan fingerprint density at radius 2 is 1.59 bits per heavy atom. The summed E-state index contributed by atoms with van der Waals surface area (Å²) in [5.74, 6) is -2.27. The molecule has 2 fully saturated rings.